The van der Waals surface area contributed by atoms with Gasteiger partial charge in [0.1, 0.15) is 5.82 Å². The molecule has 0 radical (unpaired) electrons. The van der Waals surface area contributed by atoms with Crippen molar-refractivity contribution < 1.29 is 4.39 Å². The molecule has 0 aliphatic carbocycles. The van der Waals surface area contributed by atoms with E-state index in [0.717, 1.165) is 25.9 Å². The normalized spacial score (nSPS) is 15.5. The SMILES string of the molecule is CCn1ccnc(Nc2ccc(N3CCCCCCC3)c(F)c2)c1=O. The maximum atomic E-state index is 14.6. The third kappa shape index (κ3) is 4.18. The Bertz CT molecular complexity index is 766. The maximum Gasteiger partial charge on any atom is 0.293 e. The highest BCUT2D eigenvalue weighted by molar-refractivity contribution is 5.61. The van der Waals surface area contributed by atoms with Gasteiger partial charge in [0.05, 0.1) is 5.69 Å². The quantitative estimate of drug-likeness (QED) is 0.913. The number of anilines is 3. The van der Waals surface area contributed by atoms with Crippen molar-refractivity contribution in [2.45, 2.75) is 45.6 Å². The lowest BCUT2D eigenvalue weighted by atomic mass is 10.1. The van der Waals surface area contributed by atoms with Gasteiger partial charge in [0.2, 0.25) is 0 Å². The molecule has 0 bridgehead atoms. The molecular formula is C19H25FN4O. The molecular weight excluding hydrogens is 319 g/mol. The minimum atomic E-state index is -0.266. The number of aryl methyl sites for hydroxylation is 1. The van der Waals surface area contributed by atoms with Gasteiger partial charge in [-0.25, -0.2) is 9.37 Å². The molecule has 1 aliphatic rings. The van der Waals surface area contributed by atoms with Crippen molar-refractivity contribution in [2.75, 3.05) is 23.3 Å². The molecule has 1 fully saturated rings. The summed E-state index contributed by atoms with van der Waals surface area (Å²) in [6, 6.07) is 5.04. The summed E-state index contributed by atoms with van der Waals surface area (Å²) in [6.07, 6.45) is 9.10. The Morgan fingerprint density at radius 3 is 2.56 bits per heavy atom. The highest BCUT2D eigenvalue weighted by Crippen LogP contribution is 2.26. The van der Waals surface area contributed by atoms with Crippen molar-refractivity contribution in [2.24, 2.45) is 0 Å². The van der Waals surface area contributed by atoms with Crippen molar-refractivity contribution in [3.63, 3.8) is 0 Å². The van der Waals surface area contributed by atoms with E-state index in [9.17, 15) is 9.18 Å². The third-order valence-corrected chi connectivity index (χ3v) is 4.66. The van der Waals surface area contributed by atoms with Gasteiger partial charge in [-0.05, 0) is 38.0 Å². The molecule has 0 amide bonds. The van der Waals surface area contributed by atoms with Crippen LogP contribution in [0, 0.1) is 5.82 Å². The van der Waals surface area contributed by atoms with Gasteiger partial charge in [-0.1, -0.05) is 19.3 Å². The zero-order valence-corrected chi connectivity index (χ0v) is 14.7. The first kappa shape index (κ1) is 17.5. The van der Waals surface area contributed by atoms with Crippen LogP contribution in [0.15, 0.2) is 35.4 Å². The first-order valence-electron chi connectivity index (χ1n) is 9.06. The van der Waals surface area contributed by atoms with Crippen LogP contribution >= 0.6 is 0 Å². The summed E-state index contributed by atoms with van der Waals surface area (Å²) in [4.78, 5) is 18.4. The van der Waals surface area contributed by atoms with Crippen LogP contribution < -0.4 is 15.8 Å². The Morgan fingerprint density at radius 1 is 1.16 bits per heavy atom. The molecule has 0 spiro atoms. The average molecular weight is 344 g/mol. The van der Waals surface area contributed by atoms with E-state index in [0.29, 0.717) is 17.9 Å². The zero-order chi connectivity index (χ0) is 17.6. The lowest BCUT2D eigenvalue weighted by molar-refractivity contribution is 0.545. The molecule has 2 aromatic rings. The fourth-order valence-electron chi connectivity index (χ4n) is 3.25. The van der Waals surface area contributed by atoms with Gasteiger partial charge in [0.25, 0.3) is 5.56 Å². The van der Waals surface area contributed by atoms with E-state index >= 15 is 0 Å². The van der Waals surface area contributed by atoms with E-state index in [1.54, 1.807) is 23.0 Å². The van der Waals surface area contributed by atoms with Crippen molar-refractivity contribution >= 4 is 17.2 Å². The number of aromatic nitrogens is 2. The topological polar surface area (TPSA) is 50.2 Å². The standard InChI is InChI=1S/C19H25FN4O/c1-2-23-13-10-21-18(19(23)25)22-15-8-9-17(16(20)14-15)24-11-6-4-3-5-7-12-24/h8-10,13-14H,2-7,11-12H2,1H3,(H,21,22). The molecule has 0 saturated carbocycles. The summed E-state index contributed by atoms with van der Waals surface area (Å²) in [7, 11) is 0. The molecule has 1 aromatic heterocycles. The van der Waals surface area contributed by atoms with Gasteiger partial charge in [-0.2, -0.15) is 0 Å². The van der Waals surface area contributed by atoms with E-state index in [-0.39, 0.29) is 17.2 Å². The van der Waals surface area contributed by atoms with Crippen LogP contribution in [0.4, 0.5) is 21.6 Å². The Balaban J connectivity index is 1.79. The average Bonchev–Trinajstić information content (AvgIpc) is 2.57. The molecule has 0 atom stereocenters. The van der Waals surface area contributed by atoms with E-state index in [1.165, 1.54) is 25.3 Å². The number of benzene rings is 1. The summed E-state index contributed by atoms with van der Waals surface area (Å²) >= 11 is 0. The molecule has 25 heavy (non-hydrogen) atoms. The lowest BCUT2D eigenvalue weighted by Crippen LogP contribution is -2.27. The first-order valence-corrected chi connectivity index (χ1v) is 9.06. The van der Waals surface area contributed by atoms with Crippen LogP contribution in [0.5, 0.6) is 0 Å². The van der Waals surface area contributed by atoms with Gasteiger partial charge in [0, 0.05) is 37.7 Å². The summed E-state index contributed by atoms with van der Waals surface area (Å²) in [5.41, 5.74) is 0.962. The minimum Gasteiger partial charge on any atom is -0.369 e. The van der Waals surface area contributed by atoms with E-state index in [2.05, 4.69) is 15.2 Å². The second-order valence-electron chi connectivity index (χ2n) is 6.41. The van der Waals surface area contributed by atoms with Crippen LogP contribution in [0.25, 0.3) is 0 Å². The molecule has 134 valence electrons. The van der Waals surface area contributed by atoms with E-state index in [4.69, 9.17) is 0 Å². The first-order chi connectivity index (χ1) is 12.2. The fraction of sp³-hybridized carbons (Fsp3) is 0.474. The van der Waals surface area contributed by atoms with Gasteiger partial charge < -0.3 is 14.8 Å². The number of hydrogen-bond donors (Lipinski definition) is 1. The highest BCUT2D eigenvalue weighted by atomic mass is 19.1. The van der Waals surface area contributed by atoms with E-state index < -0.39 is 0 Å². The predicted octanol–water partition coefficient (Wildman–Crippen LogP) is 3.92. The van der Waals surface area contributed by atoms with Crippen LogP contribution in [0.1, 0.15) is 39.0 Å². The van der Waals surface area contributed by atoms with Gasteiger partial charge in [-0.3, -0.25) is 4.79 Å². The molecule has 6 heteroatoms. The van der Waals surface area contributed by atoms with Crippen molar-refractivity contribution in [1.29, 1.82) is 0 Å². The van der Waals surface area contributed by atoms with Crippen molar-refractivity contribution in [1.82, 2.24) is 9.55 Å². The lowest BCUT2D eigenvalue weighted by Gasteiger charge is -2.27. The molecule has 1 aliphatic heterocycles. The Hall–Kier alpha value is -2.37. The van der Waals surface area contributed by atoms with Crippen molar-refractivity contribution in [3.05, 3.63) is 46.8 Å². The van der Waals surface area contributed by atoms with Crippen LogP contribution in [-0.4, -0.2) is 22.6 Å². The monoisotopic (exact) mass is 344 g/mol. The van der Waals surface area contributed by atoms with Crippen molar-refractivity contribution in [3.8, 4) is 0 Å². The Kier molecular flexibility index (Phi) is 5.68. The molecule has 2 heterocycles. The highest BCUT2D eigenvalue weighted by Gasteiger charge is 2.14. The van der Waals surface area contributed by atoms with Gasteiger partial charge in [0.15, 0.2) is 5.82 Å². The summed E-state index contributed by atoms with van der Waals surface area (Å²) in [5, 5.41) is 2.94. The number of rotatable bonds is 4. The molecule has 3 rings (SSSR count). The predicted molar refractivity (Wildman–Crippen MR) is 99.2 cm³/mol. The summed E-state index contributed by atoms with van der Waals surface area (Å²) in [6.45, 7) is 4.25. The maximum absolute atomic E-state index is 14.6. The molecule has 1 saturated heterocycles. The smallest absolute Gasteiger partial charge is 0.293 e. The van der Waals surface area contributed by atoms with Crippen LogP contribution in [0.3, 0.4) is 0 Å². The zero-order valence-electron chi connectivity index (χ0n) is 14.7. The largest absolute Gasteiger partial charge is 0.369 e. The minimum absolute atomic E-state index is 0.210. The Labute approximate surface area is 147 Å². The number of hydrogen-bond acceptors (Lipinski definition) is 4. The van der Waals surface area contributed by atoms with Gasteiger partial charge >= 0.3 is 0 Å². The Morgan fingerprint density at radius 2 is 1.88 bits per heavy atom. The van der Waals surface area contributed by atoms with E-state index in [1.807, 2.05) is 13.0 Å². The van der Waals surface area contributed by atoms with Gasteiger partial charge in [-0.15, -0.1) is 0 Å². The number of halogens is 1. The number of nitrogens with one attached hydrogen (secondary N) is 1. The molecule has 1 N–H and O–H groups in total. The van der Waals surface area contributed by atoms with Crippen LogP contribution in [0.2, 0.25) is 0 Å². The molecule has 5 nitrogen and oxygen atoms in total. The number of nitrogens with zero attached hydrogens (tertiary/aromatic N) is 3. The fourth-order valence-corrected chi connectivity index (χ4v) is 3.25. The molecule has 1 aromatic carbocycles. The second kappa shape index (κ2) is 8.14. The van der Waals surface area contributed by atoms with Crippen LogP contribution in [-0.2, 0) is 6.54 Å². The summed E-state index contributed by atoms with van der Waals surface area (Å²) in [5.74, 6) is -0.0555. The second-order valence-corrected chi connectivity index (χ2v) is 6.41. The third-order valence-electron chi connectivity index (χ3n) is 4.66. The molecule has 0 unspecified atom stereocenters. The summed E-state index contributed by atoms with van der Waals surface area (Å²) < 4.78 is 16.2.